The summed E-state index contributed by atoms with van der Waals surface area (Å²) in [5, 5.41) is 21.5. The van der Waals surface area contributed by atoms with Gasteiger partial charge in [-0.1, -0.05) is 31.3 Å². The molecule has 1 rings (SSSR count). The fourth-order valence-corrected chi connectivity index (χ4v) is 1.68. The second-order valence-corrected chi connectivity index (χ2v) is 4.27. The van der Waals surface area contributed by atoms with E-state index in [1.165, 1.54) is 12.8 Å². The Morgan fingerprint density at radius 3 is 2.67 bits per heavy atom. The first kappa shape index (κ1) is 14.4. The SMILES string of the molecule is CCCCCCOc1ccc(C(C)=NO)c(O)c1. The number of hydrogen-bond acceptors (Lipinski definition) is 4. The maximum atomic E-state index is 9.76. The molecule has 0 aliphatic heterocycles. The Morgan fingerprint density at radius 1 is 1.28 bits per heavy atom. The van der Waals surface area contributed by atoms with Gasteiger partial charge in [0.2, 0.25) is 0 Å². The van der Waals surface area contributed by atoms with E-state index in [2.05, 4.69) is 12.1 Å². The first-order valence-corrected chi connectivity index (χ1v) is 6.34. The van der Waals surface area contributed by atoms with E-state index in [1.54, 1.807) is 25.1 Å². The van der Waals surface area contributed by atoms with E-state index in [-0.39, 0.29) is 5.75 Å². The lowest BCUT2D eigenvalue weighted by molar-refractivity contribution is 0.303. The quantitative estimate of drug-likeness (QED) is 0.337. The molecule has 1 aromatic carbocycles. The summed E-state index contributed by atoms with van der Waals surface area (Å²) < 4.78 is 5.54. The zero-order valence-corrected chi connectivity index (χ0v) is 11.0. The van der Waals surface area contributed by atoms with Crippen LogP contribution in [0.25, 0.3) is 0 Å². The van der Waals surface area contributed by atoms with E-state index in [0.717, 1.165) is 12.8 Å². The molecule has 2 N–H and O–H groups in total. The van der Waals surface area contributed by atoms with Gasteiger partial charge < -0.3 is 15.1 Å². The van der Waals surface area contributed by atoms with E-state index in [0.29, 0.717) is 23.6 Å². The highest BCUT2D eigenvalue weighted by Crippen LogP contribution is 2.24. The summed E-state index contributed by atoms with van der Waals surface area (Å²) in [5.41, 5.74) is 0.887. The average molecular weight is 251 g/mol. The van der Waals surface area contributed by atoms with Crippen LogP contribution >= 0.6 is 0 Å². The van der Waals surface area contributed by atoms with Crippen LogP contribution in [0.5, 0.6) is 11.5 Å². The second kappa shape index (κ2) is 7.58. The molecule has 0 heterocycles. The first-order valence-electron chi connectivity index (χ1n) is 6.34. The van der Waals surface area contributed by atoms with Gasteiger partial charge in [-0.25, -0.2) is 0 Å². The Bertz CT molecular complexity index is 402. The lowest BCUT2D eigenvalue weighted by Crippen LogP contribution is -1.99. The van der Waals surface area contributed by atoms with Gasteiger partial charge in [0.15, 0.2) is 0 Å². The van der Waals surface area contributed by atoms with Crippen LogP contribution in [0.4, 0.5) is 0 Å². The number of nitrogens with zero attached hydrogens (tertiary/aromatic N) is 1. The molecule has 4 nitrogen and oxygen atoms in total. The van der Waals surface area contributed by atoms with Gasteiger partial charge in [0, 0.05) is 11.6 Å². The Labute approximate surface area is 108 Å². The fourth-order valence-electron chi connectivity index (χ4n) is 1.68. The molecule has 0 fully saturated rings. The van der Waals surface area contributed by atoms with Crippen molar-refractivity contribution >= 4 is 5.71 Å². The molecule has 0 aliphatic carbocycles. The summed E-state index contributed by atoms with van der Waals surface area (Å²) in [7, 11) is 0. The van der Waals surface area contributed by atoms with Crippen LogP contribution in [0.1, 0.15) is 45.1 Å². The molecule has 0 aromatic heterocycles. The number of unbranched alkanes of at least 4 members (excludes halogenated alkanes) is 3. The van der Waals surface area contributed by atoms with Gasteiger partial charge in [-0.05, 0) is 25.5 Å². The molecular weight excluding hydrogens is 230 g/mol. The monoisotopic (exact) mass is 251 g/mol. The Morgan fingerprint density at radius 2 is 2.06 bits per heavy atom. The summed E-state index contributed by atoms with van der Waals surface area (Å²) in [5.74, 6) is 0.704. The minimum atomic E-state index is 0.0661. The van der Waals surface area contributed by atoms with Crippen molar-refractivity contribution in [2.24, 2.45) is 5.16 Å². The molecule has 0 amide bonds. The summed E-state index contributed by atoms with van der Waals surface area (Å²) in [4.78, 5) is 0. The summed E-state index contributed by atoms with van der Waals surface area (Å²) in [6, 6.07) is 5.00. The van der Waals surface area contributed by atoms with Crippen LogP contribution in [-0.4, -0.2) is 22.6 Å². The van der Waals surface area contributed by atoms with E-state index >= 15 is 0 Å². The van der Waals surface area contributed by atoms with E-state index < -0.39 is 0 Å². The number of rotatable bonds is 7. The maximum absolute atomic E-state index is 9.76. The van der Waals surface area contributed by atoms with Crippen molar-refractivity contribution in [3.05, 3.63) is 23.8 Å². The van der Waals surface area contributed by atoms with Crippen LogP contribution < -0.4 is 4.74 Å². The third kappa shape index (κ3) is 4.28. The largest absolute Gasteiger partial charge is 0.507 e. The molecule has 1 aromatic rings. The van der Waals surface area contributed by atoms with Crippen molar-refractivity contribution in [1.82, 2.24) is 0 Å². The lowest BCUT2D eigenvalue weighted by Gasteiger charge is -2.08. The van der Waals surface area contributed by atoms with Crippen molar-refractivity contribution in [2.45, 2.75) is 39.5 Å². The third-order valence-electron chi connectivity index (χ3n) is 2.78. The third-order valence-corrected chi connectivity index (χ3v) is 2.78. The minimum Gasteiger partial charge on any atom is -0.507 e. The average Bonchev–Trinajstić information content (AvgIpc) is 2.38. The molecule has 0 radical (unpaired) electrons. The highest BCUT2D eigenvalue weighted by Gasteiger charge is 2.06. The Balaban J connectivity index is 2.51. The maximum Gasteiger partial charge on any atom is 0.128 e. The van der Waals surface area contributed by atoms with E-state index in [9.17, 15) is 5.11 Å². The number of benzene rings is 1. The van der Waals surface area contributed by atoms with Crippen molar-refractivity contribution in [1.29, 1.82) is 0 Å². The predicted octanol–water partition coefficient (Wildman–Crippen LogP) is 3.55. The second-order valence-electron chi connectivity index (χ2n) is 4.27. The minimum absolute atomic E-state index is 0.0661. The smallest absolute Gasteiger partial charge is 0.128 e. The normalized spacial score (nSPS) is 11.6. The van der Waals surface area contributed by atoms with Crippen LogP contribution in [0.2, 0.25) is 0 Å². The Kier molecular flexibility index (Phi) is 6.05. The number of aromatic hydroxyl groups is 1. The summed E-state index contributed by atoms with van der Waals surface area (Å²) in [6.07, 6.45) is 4.61. The molecule has 0 saturated heterocycles. The molecule has 0 atom stereocenters. The van der Waals surface area contributed by atoms with E-state index in [1.807, 2.05) is 0 Å². The van der Waals surface area contributed by atoms with Gasteiger partial charge in [-0.15, -0.1) is 0 Å². The zero-order valence-electron chi connectivity index (χ0n) is 11.0. The highest BCUT2D eigenvalue weighted by atomic mass is 16.5. The van der Waals surface area contributed by atoms with Gasteiger partial charge in [-0.2, -0.15) is 0 Å². The van der Waals surface area contributed by atoms with Gasteiger partial charge in [0.05, 0.1) is 12.3 Å². The van der Waals surface area contributed by atoms with Crippen LogP contribution in [0, 0.1) is 0 Å². The molecule has 18 heavy (non-hydrogen) atoms. The van der Waals surface area contributed by atoms with Gasteiger partial charge in [0.1, 0.15) is 11.5 Å². The van der Waals surface area contributed by atoms with Crippen molar-refractivity contribution < 1.29 is 15.1 Å². The molecule has 100 valence electrons. The van der Waals surface area contributed by atoms with Gasteiger partial charge in [-0.3, -0.25) is 0 Å². The van der Waals surface area contributed by atoms with Crippen LogP contribution in [-0.2, 0) is 0 Å². The first-order chi connectivity index (χ1) is 8.69. The van der Waals surface area contributed by atoms with Crippen LogP contribution in [0.3, 0.4) is 0 Å². The summed E-state index contributed by atoms with van der Waals surface area (Å²) >= 11 is 0. The highest BCUT2D eigenvalue weighted by molar-refractivity contribution is 6.00. The van der Waals surface area contributed by atoms with Crippen molar-refractivity contribution in [3.63, 3.8) is 0 Å². The number of oxime groups is 1. The van der Waals surface area contributed by atoms with E-state index in [4.69, 9.17) is 9.94 Å². The van der Waals surface area contributed by atoms with Crippen LogP contribution in [0.15, 0.2) is 23.4 Å². The van der Waals surface area contributed by atoms with Crippen molar-refractivity contribution in [3.8, 4) is 11.5 Å². The molecule has 4 heteroatoms. The van der Waals surface area contributed by atoms with Crippen molar-refractivity contribution in [2.75, 3.05) is 6.61 Å². The Hall–Kier alpha value is -1.71. The molecule has 0 aliphatic rings. The molecule has 0 spiro atoms. The number of phenolic OH excluding ortho intramolecular Hbond substituents is 1. The summed E-state index contributed by atoms with van der Waals surface area (Å²) in [6.45, 7) is 4.45. The molecule has 0 bridgehead atoms. The topological polar surface area (TPSA) is 62.0 Å². The predicted molar refractivity (Wildman–Crippen MR) is 71.7 cm³/mol. The number of hydrogen-bond donors (Lipinski definition) is 2. The molecule has 0 unspecified atom stereocenters. The zero-order chi connectivity index (χ0) is 13.4. The molecule has 0 saturated carbocycles. The number of phenols is 1. The fraction of sp³-hybridized carbons (Fsp3) is 0.500. The van der Waals surface area contributed by atoms with Gasteiger partial charge in [0.25, 0.3) is 0 Å². The molecular formula is C14H21NO3. The number of ether oxygens (including phenoxy) is 1. The van der Waals surface area contributed by atoms with Gasteiger partial charge >= 0.3 is 0 Å². The standard InChI is InChI=1S/C14H21NO3/c1-3-4-5-6-9-18-12-7-8-13(11(2)15-17)14(16)10-12/h7-8,10,16-17H,3-6,9H2,1-2H3. The lowest BCUT2D eigenvalue weighted by atomic mass is 10.1.